The Hall–Kier alpha value is -0.960. The highest BCUT2D eigenvalue weighted by molar-refractivity contribution is 6.18. The van der Waals surface area contributed by atoms with Crippen LogP contribution in [0.4, 0.5) is 0 Å². The molecule has 1 aliphatic rings. The molecule has 2 heterocycles. The lowest BCUT2D eigenvalue weighted by atomic mass is 9.99. The Morgan fingerprint density at radius 2 is 2.50 bits per heavy atom. The van der Waals surface area contributed by atoms with Gasteiger partial charge in [-0.15, -0.1) is 11.6 Å². The predicted octanol–water partition coefficient (Wildman–Crippen LogP) is 2.68. The maximum Gasteiger partial charge on any atom is 0.257 e. The van der Waals surface area contributed by atoms with Crippen LogP contribution < -0.4 is 0 Å². The molecule has 0 aliphatic carbocycles. The number of amides is 1. The van der Waals surface area contributed by atoms with Gasteiger partial charge in [0, 0.05) is 19.0 Å². The lowest BCUT2D eigenvalue weighted by molar-refractivity contribution is 0.0683. The van der Waals surface area contributed by atoms with Crippen molar-refractivity contribution >= 4 is 17.5 Å². The number of likely N-dealkylation sites (tertiary alicyclic amines) is 1. The van der Waals surface area contributed by atoms with Crippen LogP contribution in [-0.4, -0.2) is 29.8 Å². The van der Waals surface area contributed by atoms with E-state index in [9.17, 15) is 4.79 Å². The molecule has 1 unspecified atom stereocenters. The maximum atomic E-state index is 12.2. The van der Waals surface area contributed by atoms with E-state index in [0.717, 1.165) is 25.9 Å². The van der Waals surface area contributed by atoms with Crippen LogP contribution in [-0.2, 0) is 0 Å². The molecule has 3 nitrogen and oxygen atoms in total. The molecule has 0 saturated carbocycles. The maximum absolute atomic E-state index is 12.2. The lowest BCUT2D eigenvalue weighted by Crippen LogP contribution is -2.40. The fraction of sp³-hybridized carbons (Fsp3) is 0.583. The van der Waals surface area contributed by atoms with Crippen LogP contribution in [0.15, 0.2) is 16.7 Å². The highest BCUT2D eigenvalue weighted by Gasteiger charge is 2.25. The molecule has 16 heavy (non-hydrogen) atoms. The molecule has 2 rings (SSSR count). The Balaban J connectivity index is 2.07. The van der Waals surface area contributed by atoms with E-state index in [4.69, 9.17) is 16.0 Å². The van der Waals surface area contributed by atoms with E-state index in [1.807, 2.05) is 11.8 Å². The fourth-order valence-corrected chi connectivity index (χ4v) is 2.40. The molecule has 1 amide bonds. The van der Waals surface area contributed by atoms with Crippen LogP contribution in [0.25, 0.3) is 0 Å². The third-order valence-electron chi connectivity index (χ3n) is 3.11. The molecule has 0 N–H and O–H groups in total. The van der Waals surface area contributed by atoms with Gasteiger partial charge in [-0.25, -0.2) is 0 Å². The third-order valence-corrected chi connectivity index (χ3v) is 3.55. The molecule has 1 aliphatic heterocycles. The molecule has 1 saturated heterocycles. The number of carbonyl (C=O) groups excluding carboxylic acids is 1. The minimum absolute atomic E-state index is 0.0704. The number of halogens is 1. The van der Waals surface area contributed by atoms with Crippen molar-refractivity contribution in [2.75, 3.05) is 19.0 Å². The van der Waals surface area contributed by atoms with Crippen molar-refractivity contribution in [2.24, 2.45) is 5.92 Å². The van der Waals surface area contributed by atoms with Crippen molar-refractivity contribution in [3.05, 3.63) is 23.7 Å². The van der Waals surface area contributed by atoms with Crippen molar-refractivity contribution in [1.29, 1.82) is 0 Å². The Bertz CT molecular complexity index is 375. The Morgan fingerprint density at radius 1 is 1.69 bits per heavy atom. The van der Waals surface area contributed by atoms with Crippen LogP contribution in [0.1, 0.15) is 29.0 Å². The second kappa shape index (κ2) is 4.91. The Morgan fingerprint density at radius 3 is 3.12 bits per heavy atom. The van der Waals surface area contributed by atoms with Gasteiger partial charge >= 0.3 is 0 Å². The summed E-state index contributed by atoms with van der Waals surface area (Å²) in [5.41, 5.74) is 0.676. The fourth-order valence-electron chi connectivity index (χ4n) is 2.15. The molecular weight excluding hydrogens is 226 g/mol. The lowest BCUT2D eigenvalue weighted by Gasteiger charge is -2.31. The molecule has 1 aromatic heterocycles. The number of furan rings is 1. The zero-order chi connectivity index (χ0) is 11.5. The number of aryl methyl sites for hydroxylation is 1. The standard InChI is InChI=1S/C12H16ClNO2/c1-9-11(4-6-16-9)12(15)14-5-2-3-10(7-13)8-14/h4,6,10H,2-3,5,7-8H2,1H3. The molecule has 1 atom stereocenters. The van der Waals surface area contributed by atoms with E-state index in [-0.39, 0.29) is 5.91 Å². The monoisotopic (exact) mass is 241 g/mol. The summed E-state index contributed by atoms with van der Waals surface area (Å²) in [6, 6.07) is 1.74. The molecule has 4 heteroatoms. The van der Waals surface area contributed by atoms with Crippen LogP contribution in [0.5, 0.6) is 0 Å². The summed E-state index contributed by atoms with van der Waals surface area (Å²) >= 11 is 5.85. The molecule has 1 aromatic rings. The van der Waals surface area contributed by atoms with E-state index in [1.165, 1.54) is 0 Å². The first kappa shape index (κ1) is 11.5. The molecular formula is C12H16ClNO2. The Labute approximate surface area is 100 Å². The first-order chi connectivity index (χ1) is 7.72. The molecule has 0 bridgehead atoms. The Kier molecular flexibility index (Phi) is 3.54. The van der Waals surface area contributed by atoms with Crippen molar-refractivity contribution in [3.63, 3.8) is 0 Å². The van der Waals surface area contributed by atoms with Crippen molar-refractivity contribution < 1.29 is 9.21 Å². The average Bonchev–Trinajstić information content (AvgIpc) is 2.74. The number of alkyl halides is 1. The average molecular weight is 242 g/mol. The van der Waals surface area contributed by atoms with Gasteiger partial charge in [0.2, 0.25) is 0 Å². The van der Waals surface area contributed by atoms with Crippen molar-refractivity contribution in [1.82, 2.24) is 4.90 Å². The summed E-state index contributed by atoms with van der Waals surface area (Å²) in [6.07, 6.45) is 3.73. The zero-order valence-electron chi connectivity index (χ0n) is 9.41. The number of piperidine rings is 1. The summed E-state index contributed by atoms with van der Waals surface area (Å²) in [6.45, 7) is 3.42. The molecule has 1 fully saturated rings. The summed E-state index contributed by atoms with van der Waals surface area (Å²) < 4.78 is 5.16. The predicted molar refractivity (Wildman–Crippen MR) is 62.8 cm³/mol. The van der Waals surface area contributed by atoms with Crippen LogP contribution in [0.2, 0.25) is 0 Å². The smallest absolute Gasteiger partial charge is 0.257 e. The van der Waals surface area contributed by atoms with Gasteiger partial charge in [-0.3, -0.25) is 4.79 Å². The second-order valence-electron chi connectivity index (χ2n) is 4.30. The molecule has 0 aromatic carbocycles. The van der Waals surface area contributed by atoms with Crippen molar-refractivity contribution in [3.8, 4) is 0 Å². The zero-order valence-corrected chi connectivity index (χ0v) is 10.2. The number of carbonyl (C=O) groups is 1. The van der Waals surface area contributed by atoms with Gasteiger partial charge < -0.3 is 9.32 Å². The highest BCUT2D eigenvalue weighted by atomic mass is 35.5. The highest BCUT2D eigenvalue weighted by Crippen LogP contribution is 2.21. The largest absolute Gasteiger partial charge is 0.469 e. The van der Waals surface area contributed by atoms with E-state index < -0.39 is 0 Å². The van der Waals surface area contributed by atoms with Crippen LogP contribution >= 0.6 is 11.6 Å². The summed E-state index contributed by atoms with van der Waals surface area (Å²) in [4.78, 5) is 14.0. The number of rotatable bonds is 2. The van der Waals surface area contributed by atoms with E-state index in [1.54, 1.807) is 12.3 Å². The minimum Gasteiger partial charge on any atom is -0.469 e. The first-order valence-corrected chi connectivity index (χ1v) is 6.15. The van der Waals surface area contributed by atoms with Gasteiger partial charge in [0.05, 0.1) is 11.8 Å². The topological polar surface area (TPSA) is 33.5 Å². The van der Waals surface area contributed by atoms with Gasteiger partial charge in [-0.2, -0.15) is 0 Å². The van der Waals surface area contributed by atoms with Crippen molar-refractivity contribution in [2.45, 2.75) is 19.8 Å². The van der Waals surface area contributed by atoms with E-state index in [2.05, 4.69) is 0 Å². The summed E-state index contributed by atoms with van der Waals surface area (Å²) in [7, 11) is 0. The molecule has 0 spiro atoms. The molecule has 0 radical (unpaired) electrons. The molecule has 88 valence electrons. The SMILES string of the molecule is Cc1occc1C(=O)N1CCCC(CCl)C1. The number of hydrogen-bond donors (Lipinski definition) is 0. The van der Waals surface area contributed by atoms with Gasteiger partial charge in [0.1, 0.15) is 5.76 Å². The van der Waals surface area contributed by atoms with E-state index in [0.29, 0.717) is 23.1 Å². The summed E-state index contributed by atoms with van der Waals surface area (Å²) in [5, 5.41) is 0. The quantitative estimate of drug-likeness (QED) is 0.746. The van der Waals surface area contributed by atoms with Gasteiger partial charge in [-0.1, -0.05) is 0 Å². The van der Waals surface area contributed by atoms with Gasteiger partial charge in [-0.05, 0) is 31.7 Å². The van der Waals surface area contributed by atoms with Crippen LogP contribution in [0, 0.1) is 12.8 Å². The van der Waals surface area contributed by atoms with Crippen LogP contribution in [0.3, 0.4) is 0 Å². The first-order valence-electron chi connectivity index (χ1n) is 5.61. The van der Waals surface area contributed by atoms with Gasteiger partial charge in [0.15, 0.2) is 0 Å². The second-order valence-corrected chi connectivity index (χ2v) is 4.61. The normalized spacial score (nSPS) is 21.1. The van der Waals surface area contributed by atoms with E-state index >= 15 is 0 Å². The third kappa shape index (κ3) is 2.24. The summed E-state index contributed by atoms with van der Waals surface area (Å²) in [5.74, 6) is 1.83. The number of hydrogen-bond acceptors (Lipinski definition) is 2. The van der Waals surface area contributed by atoms with Gasteiger partial charge in [0.25, 0.3) is 5.91 Å². The number of nitrogens with zero attached hydrogens (tertiary/aromatic N) is 1. The minimum atomic E-state index is 0.0704.